The van der Waals surface area contributed by atoms with E-state index in [1.807, 2.05) is 13.8 Å². The van der Waals surface area contributed by atoms with Gasteiger partial charge in [0.15, 0.2) is 0 Å². The molecular weight excluding hydrogens is 176 g/mol. The summed E-state index contributed by atoms with van der Waals surface area (Å²) in [7, 11) is 0. The number of hydrogen-bond acceptors (Lipinski definition) is 2. The van der Waals surface area contributed by atoms with Crippen LogP contribution < -0.4 is 10.6 Å². The largest absolute Gasteiger partial charge is 0.352 e. The van der Waals surface area contributed by atoms with E-state index >= 15 is 0 Å². The number of hydrogen-bond donors (Lipinski definition) is 2. The van der Waals surface area contributed by atoms with E-state index in [4.69, 9.17) is 0 Å². The lowest BCUT2D eigenvalue weighted by atomic mass is 10.1. The fraction of sp³-hybridized carbons (Fsp3) is 0.727. The number of amides is 1. The smallest absolute Gasteiger partial charge is 0.223 e. The van der Waals surface area contributed by atoms with E-state index in [0.717, 1.165) is 32.5 Å². The fourth-order valence-electron chi connectivity index (χ4n) is 1.39. The first-order valence-electron chi connectivity index (χ1n) is 5.40. The van der Waals surface area contributed by atoms with Gasteiger partial charge in [0.05, 0.1) is 0 Å². The molecule has 1 unspecified atom stereocenters. The standard InChI is InChI=1S/C11H20N2O/c1-3-9(2)11(14)13-8-10-4-6-12-7-5-10/h4,9,12H,3,5-8H2,1-2H3,(H,13,14). The molecule has 2 N–H and O–H groups in total. The highest BCUT2D eigenvalue weighted by atomic mass is 16.1. The monoisotopic (exact) mass is 196 g/mol. The highest BCUT2D eigenvalue weighted by Crippen LogP contribution is 2.04. The molecule has 3 nitrogen and oxygen atoms in total. The van der Waals surface area contributed by atoms with Crippen LogP contribution in [0, 0.1) is 5.92 Å². The van der Waals surface area contributed by atoms with E-state index < -0.39 is 0 Å². The Kier molecular flexibility index (Phi) is 4.66. The number of nitrogens with one attached hydrogen (secondary N) is 2. The molecule has 1 atom stereocenters. The zero-order valence-electron chi connectivity index (χ0n) is 9.10. The van der Waals surface area contributed by atoms with Crippen LogP contribution in [-0.2, 0) is 4.79 Å². The van der Waals surface area contributed by atoms with Crippen molar-refractivity contribution < 1.29 is 4.79 Å². The summed E-state index contributed by atoms with van der Waals surface area (Å²) < 4.78 is 0. The predicted octanol–water partition coefficient (Wildman–Crippen LogP) is 1.07. The molecule has 0 spiro atoms. The van der Waals surface area contributed by atoms with Gasteiger partial charge in [0.2, 0.25) is 5.91 Å². The molecule has 80 valence electrons. The van der Waals surface area contributed by atoms with Gasteiger partial charge in [-0.15, -0.1) is 0 Å². The highest BCUT2D eigenvalue weighted by Gasteiger charge is 2.10. The molecular formula is C11H20N2O. The Hall–Kier alpha value is -0.830. The van der Waals surface area contributed by atoms with Crippen molar-refractivity contribution in [3.05, 3.63) is 11.6 Å². The van der Waals surface area contributed by atoms with Crippen LogP contribution in [0.4, 0.5) is 0 Å². The first-order valence-corrected chi connectivity index (χ1v) is 5.40. The molecule has 0 aliphatic carbocycles. The lowest BCUT2D eigenvalue weighted by Crippen LogP contribution is -2.32. The van der Waals surface area contributed by atoms with Crippen LogP contribution in [0.2, 0.25) is 0 Å². The quantitative estimate of drug-likeness (QED) is 0.660. The minimum absolute atomic E-state index is 0.136. The zero-order chi connectivity index (χ0) is 10.4. The zero-order valence-corrected chi connectivity index (χ0v) is 9.10. The summed E-state index contributed by atoms with van der Waals surface area (Å²) in [5.74, 6) is 0.309. The van der Waals surface area contributed by atoms with Crippen molar-refractivity contribution in [3.8, 4) is 0 Å². The van der Waals surface area contributed by atoms with Gasteiger partial charge in [0, 0.05) is 19.0 Å². The molecule has 0 aromatic carbocycles. The van der Waals surface area contributed by atoms with Crippen molar-refractivity contribution >= 4 is 5.91 Å². The topological polar surface area (TPSA) is 41.1 Å². The Balaban J connectivity index is 2.25. The van der Waals surface area contributed by atoms with E-state index in [1.54, 1.807) is 0 Å². The summed E-state index contributed by atoms with van der Waals surface area (Å²) in [6.07, 6.45) is 4.13. The molecule has 0 radical (unpaired) electrons. The van der Waals surface area contributed by atoms with E-state index in [0.29, 0.717) is 0 Å². The van der Waals surface area contributed by atoms with Crippen LogP contribution in [0.3, 0.4) is 0 Å². The molecule has 0 saturated heterocycles. The van der Waals surface area contributed by atoms with Crippen molar-refractivity contribution in [1.29, 1.82) is 0 Å². The lowest BCUT2D eigenvalue weighted by Gasteiger charge is -2.16. The summed E-state index contributed by atoms with van der Waals surface area (Å²) in [4.78, 5) is 11.5. The van der Waals surface area contributed by atoms with Crippen LogP contribution in [0.1, 0.15) is 26.7 Å². The van der Waals surface area contributed by atoms with Crippen molar-refractivity contribution in [2.75, 3.05) is 19.6 Å². The van der Waals surface area contributed by atoms with Crippen molar-refractivity contribution in [3.63, 3.8) is 0 Å². The van der Waals surface area contributed by atoms with Gasteiger partial charge in [-0.1, -0.05) is 25.5 Å². The maximum atomic E-state index is 11.5. The maximum absolute atomic E-state index is 11.5. The van der Waals surface area contributed by atoms with Crippen molar-refractivity contribution in [1.82, 2.24) is 10.6 Å². The number of carbonyl (C=O) groups is 1. The first kappa shape index (κ1) is 11.2. The molecule has 0 fully saturated rings. The number of rotatable bonds is 4. The van der Waals surface area contributed by atoms with Crippen LogP contribution in [0.25, 0.3) is 0 Å². The Bertz CT molecular complexity index is 223. The summed E-state index contributed by atoms with van der Waals surface area (Å²) in [5.41, 5.74) is 1.35. The minimum atomic E-state index is 0.136. The Morgan fingerprint density at radius 2 is 2.50 bits per heavy atom. The van der Waals surface area contributed by atoms with Gasteiger partial charge in [-0.2, -0.15) is 0 Å². The molecule has 1 aliphatic heterocycles. The van der Waals surface area contributed by atoms with Crippen LogP contribution >= 0.6 is 0 Å². The molecule has 0 saturated carbocycles. The average molecular weight is 196 g/mol. The lowest BCUT2D eigenvalue weighted by molar-refractivity contribution is -0.124. The van der Waals surface area contributed by atoms with Gasteiger partial charge in [0.25, 0.3) is 0 Å². The Morgan fingerprint density at radius 3 is 3.07 bits per heavy atom. The SMILES string of the molecule is CCC(C)C(=O)NCC1=CCNCC1. The molecule has 14 heavy (non-hydrogen) atoms. The van der Waals surface area contributed by atoms with Gasteiger partial charge in [-0.25, -0.2) is 0 Å². The molecule has 1 heterocycles. The molecule has 0 bridgehead atoms. The van der Waals surface area contributed by atoms with Gasteiger partial charge < -0.3 is 10.6 Å². The summed E-state index contributed by atoms with van der Waals surface area (Å²) >= 11 is 0. The fourth-order valence-corrected chi connectivity index (χ4v) is 1.39. The van der Waals surface area contributed by atoms with Gasteiger partial charge in [-0.05, 0) is 19.4 Å². The van der Waals surface area contributed by atoms with E-state index in [1.165, 1.54) is 5.57 Å². The van der Waals surface area contributed by atoms with E-state index in [-0.39, 0.29) is 11.8 Å². The van der Waals surface area contributed by atoms with Crippen molar-refractivity contribution in [2.45, 2.75) is 26.7 Å². The predicted molar refractivity (Wildman–Crippen MR) is 58.0 cm³/mol. The molecule has 1 rings (SSSR count). The number of carbonyl (C=O) groups excluding carboxylic acids is 1. The first-order chi connectivity index (χ1) is 6.74. The summed E-state index contributed by atoms with van der Waals surface area (Å²) in [5, 5.41) is 6.22. The summed E-state index contributed by atoms with van der Waals surface area (Å²) in [6.45, 7) is 6.70. The normalized spacial score (nSPS) is 18.6. The second-order valence-corrected chi connectivity index (χ2v) is 3.84. The second-order valence-electron chi connectivity index (χ2n) is 3.84. The molecule has 1 aliphatic rings. The Labute approximate surface area is 86.0 Å². The van der Waals surface area contributed by atoms with Gasteiger partial charge in [0.1, 0.15) is 0 Å². The molecule has 3 heteroatoms. The van der Waals surface area contributed by atoms with Gasteiger partial charge >= 0.3 is 0 Å². The maximum Gasteiger partial charge on any atom is 0.223 e. The van der Waals surface area contributed by atoms with E-state index in [9.17, 15) is 4.79 Å². The third-order valence-electron chi connectivity index (χ3n) is 2.71. The molecule has 0 aromatic heterocycles. The van der Waals surface area contributed by atoms with Crippen LogP contribution in [-0.4, -0.2) is 25.5 Å². The van der Waals surface area contributed by atoms with Crippen LogP contribution in [0.5, 0.6) is 0 Å². The van der Waals surface area contributed by atoms with E-state index in [2.05, 4.69) is 16.7 Å². The Morgan fingerprint density at radius 1 is 1.71 bits per heavy atom. The third-order valence-corrected chi connectivity index (χ3v) is 2.71. The summed E-state index contributed by atoms with van der Waals surface area (Å²) in [6, 6.07) is 0. The van der Waals surface area contributed by atoms with Crippen molar-refractivity contribution in [2.24, 2.45) is 5.92 Å². The highest BCUT2D eigenvalue weighted by molar-refractivity contribution is 5.78. The van der Waals surface area contributed by atoms with Crippen LogP contribution in [0.15, 0.2) is 11.6 Å². The average Bonchev–Trinajstić information content (AvgIpc) is 2.26. The van der Waals surface area contributed by atoms with Gasteiger partial charge in [-0.3, -0.25) is 4.79 Å². The minimum Gasteiger partial charge on any atom is -0.352 e. The molecule has 0 aromatic rings. The third kappa shape index (κ3) is 3.50. The second kappa shape index (κ2) is 5.81. The molecule has 1 amide bonds.